The van der Waals surface area contributed by atoms with Gasteiger partial charge in [0.1, 0.15) is 0 Å². The lowest BCUT2D eigenvalue weighted by Gasteiger charge is -2.09. The van der Waals surface area contributed by atoms with Gasteiger partial charge in [0.05, 0.1) is 10.6 Å². The van der Waals surface area contributed by atoms with Crippen LogP contribution in [0.1, 0.15) is 35.5 Å². The molecule has 3 nitrogen and oxygen atoms in total. The van der Waals surface area contributed by atoms with Gasteiger partial charge in [-0.1, -0.05) is 17.8 Å². The summed E-state index contributed by atoms with van der Waals surface area (Å²) in [5, 5.41) is 8.38. The lowest BCUT2D eigenvalue weighted by Crippen LogP contribution is -2.13. The summed E-state index contributed by atoms with van der Waals surface area (Å²) < 4.78 is 4.01. The molecular weight excluding hydrogens is 238 g/mol. The van der Waals surface area contributed by atoms with E-state index < -0.39 is 0 Å². The maximum absolute atomic E-state index is 6.20. The molecule has 1 unspecified atom stereocenters. The molecule has 0 aromatic carbocycles. The van der Waals surface area contributed by atoms with E-state index in [4.69, 9.17) is 5.73 Å². The molecule has 0 amide bonds. The van der Waals surface area contributed by atoms with Crippen molar-refractivity contribution in [1.29, 1.82) is 0 Å². The summed E-state index contributed by atoms with van der Waals surface area (Å²) >= 11 is 3.15. The minimum absolute atomic E-state index is 0.0381. The van der Waals surface area contributed by atoms with E-state index in [0.29, 0.717) is 0 Å². The topological polar surface area (TPSA) is 51.8 Å². The van der Waals surface area contributed by atoms with Gasteiger partial charge in [-0.3, -0.25) is 0 Å². The zero-order valence-corrected chi connectivity index (χ0v) is 10.9. The SMILES string of the molecule is CCCc1nnsc1C(N)Cc1ccsc1. The van der Waals surface area contributed by atoms with Gasteiger partial charge in [0.2, 0.25) is 0 Å². The zero-order valence-electron chi connectivity index (χ0n) is 9.22. The zero-order chi connectivity index (χ0) is 11.4. The Hall–Kier alpha value is -0.780. The van der Waals surface area contributed by atoms with Crippen molar-refractivity contribution in [2.45, 2.75) is 32.2 Å². The van der Waals surface area contributed by atoms with E-state index in [0.717, 1.165) is 29.8 Å². The Labute approximate surface area is 103 Å². The van der Waals surface area contributed by atoms with Gasteiger partial charge in [-0.15, -0.1) is 5.10 Å². The van der Waals surface area contributed by atoms with Crippen molar-refractivity contribution in [1.82, 2.24) is 9.59 Å². The van der Waals surface area contributed by atoms with Crippen LogP contribution in [0.4, 0.5) is 0 Å². The molecule has 0 saturated heterocycles. The highest BCUT2D eigenvalue weighted by atomic mass is 32.1. The third-order valence-electron chi connectivity index (χ3n) is 2.44. The second-order valence-electron chi connectivity index (χ2n) is 3.78. The molecule has 2 rings (SSSR count). The molecule has 0 spiro atoms. The van der Waals surface area contributed by atoms with Crippen molar-refractivity contribution in [3.8, 4) is 0 Å². The summed E-state index contributed by atoms with van der Waals surface area (Å²) in [7, 11) is 0. The van der Waals surface area contributed by atoms with Crippen molar-refractivity contribution in [2.24, 2.45) is 5.73 Å². The Morgan fingerprint density at radius 2 is 2.38 bits per heavy atom. The van der Waals surface area contributed by atoms with E-state index in [1.165, 1.54) is 17.1 Å². The average Bonchev–Trinajstić information content (AvgIpc) is 2.89. The van der Waals surface area contributed by atoms with Crippen molar-refractivity contribution in [3.63, 3.8) is 0 Å². The first-order valence-corrected chi connectivity index (χ1v) is 7.10. The Bertz CT molecular complexity index is 422. The maximum atomic E-state index is 6.20. The van der Waals surface area contributed by atoms with Gasteiger partial charge < -0.3 is 5.73 Å². The first-order valence-electron chi connectivity index (χ1n) is 5.39. The van der Waals surface area contributed by atoms with Gasteiger partial charge in [-0.05, 0) is 46.8 Å². The summed E-state index contributed by atoms with van der Waals surface area (Å²) in [6, 6.07) is 2.16. The van der Waals surface area contributed by atoms with E-state index >= 15 is 0 Å². The molecule has 16 heavy (non-hydrogen) atoms. The second-order valence-corrected chi connectivity index (χ2v) is 5.34. The Balaban J connectivity index is 2.08. The van der Waals surface area contributed by atoms with Gasteiger partial charge in [0, 0.05) is 6.04 Å². The number of rotatable bonds is 5. The average molecular weight is 253 g/mol. The van der Waals surface area contributed by atoms with Crippen molar-refractivity contribution in [2.75, 3.05) is 0 Å². The molecule has 0 radical (unpaired) electrons. The molecule has 2 aromatic rings. The van der Waals surface area contributed by atoms with Gasteiger partial charge in [-0.2, -0.15) is 11.3 Å². The predicted octanol–water partition coefficient (Wildman–Crippen LogP) is 2.79. The highest BCUT2D eigenvalue weighted by Gasteiger charge is 2.15. The number of thiophene rings is 1. The van der Waals surface area contributed by atoms with Crippen LogP contribution in [0.5, 0.6) is 0 Å². The van der Waals surface area contributed by atoms with Gasteiger partial charge in [0.25, 0.3) is 0 Å². The summed E-state index contributed by atoms with van der Waals surface area (Å²) in [6.45, 7) is 2.15. The second kappa shape index (κ2) is 5.52. The minimum Gasteiger partial charge on any atom is -0.323 e. The molecule has 0 aliphatic carbocycles. The molecule has 0 fully saturated rings. The van der Waals surface area contributed by atoms with Gasteiger partial charge in [0.15, 0.2) is 0 Å². The van der Waals surface area contributed by atoms with E-state index in [-0.39, 0.29) is 6.04 Å². The summed E-state index contributed by atoms with van der Waals surface area (Å²) in [6.07, 6.45) is 2.94. The highest BCUT2D eigenvalue weighted by Crippen LogP contribution is 2.23. The lowest BCUT2D eigenvalue weighted by atomic mass is 10.1. The maximum Gasteiger partial charge on any atom is 0.0803 e. The Kier molecular flexibility index (Phi) is 4.04. The smallest absolute Gasteiger partial charge is 0.0803 e. The van der Waals surface area contributed by atoms with Crippen LogP contribution < -0.4 is 5.73 Å². The first kappa shape index (κ1) is 11.7. The number of nitrogens with zero attached hydrogens (tertiary/aromatic N) is 2. The highest BCUT2D eigenvalue weighted by molar-refractivity contribution is 7.08. The van der Waals surface area contributed by atoms with E-state index in [1.807, 2.05) is 0 Å². The van der Waals surface area contributed by atoms with Crippen LogP contribution in [0.15, 0.2) is 16.8 Å². The summed E-state index contributed by atoms with van der Waals surface area (Å²) in [4.78, 5) is 1.15. The van der Waals surface area contributed by atoms with E-state index in [1.54, 1.807) is 11.3 Å². The van der Waals surface area contributed by atoms with Crippen molar-refractivity contribution >= 4 is 22.9 Å². The van der Waals surface area contributed by atoms with Crippen LogP contribution in [-0.4, -0.2) is 9.59 Å². The molecule has 0 saturated carbocycles. The molecule has 1 atom stereocenters. The number of aryl methyl sites for hydroxylation is 1. The molecule has 2 heterocycles. The monoisotopic (exact) mass is 253 g/mol. The molecule has 2 N–H and O–H groups in total. The molecule has 86 valence electrons. The molecule has 0 aliphatic rings. The Morgan fingerprint density at radius 1 is 1.50 bits per heavy atom. The van der Waals surface area contributed by atoms with Crippen molar-refractivity contribution in [3.05, 3.63) is 33.0 Å². The third-order valence-corrected chi connectivity index (χ3v) is 4.07. The largest absolute Gasteiger partial charge is 0.323 e. The molecule has 5 heteroatoms. The molecular formula is C11H15N3S2. The number of aromatic nitrogens is 2. The van der Waals surface area contributed by atoms with Crippen LogP contribution in [0, 0.1) is 0 Å². The normalized spacial score (nSPS) is 12.9. The minimum atomic E-state index is 0.0381. The fraction of sp³-hybridized carbons (Fsp3) is 0.455. The number of hydrogen-bond donors (Lipinski definition) is 1. The lowest BCUT2D eigenvalue weighted by molar-refractivity contribution is 0.716. The fourth-order valence-corrected chi connectivity index (χ4v) is 3.04. The molecule has 2 aromatic heterocycles. The van der Waals surface area contributed by atoms with E-state index in [2.05, 4.69) is 33.3 Å². The van der Waals surface area contributed by atoms with E-state index in [9.17, 15) is 0 Å². The standard InChI is InChI=1S/C11H15N3S2/c1-2-3-10-11(16-14-13-10)9(12)6-8-4-5-15-7-8/h4-5,7,9H,2-3,6,12H2,1H3. The predicted molar refractivity (Wildman–Crippen MR) is 68.9 cm³/mol. The number of hydrogen-bond acceptors (Lipinski definition) is 5. The summed E-state index contributed by atoms with van der Waals surface area (Å²) in [5.74, 6) is 0. The molecule has 0 bridgehead atoms. The summed E-state index contributed by atoms with van der Waals surface area (Å²) in [5.41, 5.74) is 8.58. The van der Waals surface area contributed by atoms with Crippen LogP contribution in [0.25, 0.3) is 0 Å². The van der Waals surface area contributed by atoms with Crippen LogP contribution in [0.3, 0.4) is 0 Å². The molecule has 0 aliphatic heterocycles. The fourth-order valence-electron chi connectivity index (χ4n) is 1.66. The van der Waals surface area contributed by atoms with Crippen molar-refractivity contribution < 1.29 is 0 Å². The van der Waals surface area contributed by atoms with Crippen LogP contribution in [0.2, 0.25) is 0 Å². The first-order chi connectivity index (χ1) is 7.81. The van der Waals surface area contributed by atoms with Crippen LogP contribution in [-0.2, 0) is 12.8 Å². The quantitative estimate of drug-likeness (QED) is 0.891. The van der Waals surface area contributed by atoms with Gasteiger partial charge >= 0.3 is 0 Å². The number of nitrogens with two attached hydrogens (primary N) is 1. The Morgan fingerprint density at radius 3 is 3.06 bits per heavy atom. The van der Waals surface area contributed by atoms with Crippen LogP contribution >= 0.6 is 22.9 Å². The van der Waals surface area contributed by atoms with Gasteiger partial charge in [-0.25, -0.2) is 0 Å². The third kappa shape index (κ3) is 2.66.